The largest absolute Gasteiger partial charge is 0.340 e. The zero-order valence-corrected chi connectivity index (χ0v) is 11.6. The highest BCUT2D eigenvalue weighted by molar-refractivity contribution is 5.64. The smallest absolute Gasteiger partial charge is 0.148 e. The predicted octanol–water partition coefficient (Wildman–Crippen LogP) is 2.91. The summed E-state index contributed by atoms with van der Waals surface area (Å²) in [5.41, 5.74) is 4.70. The Morgan fingerprint density at radius 3 is 2.65 bits per heavy atom. The average Bonchev–Trinajstić information content (AvgIpc) is 2.45. The van der Waals surface area contributed by atoms with Crippen molar-refractivity contribution in [2.45, 2.75) is 26.7 Å². The summed E-state index contributed by atoms with van der Waals surface area (Å²) in [7, 11) is 0. The van der Waals surface area contributed by atoms with Crippen LogP contribution < -0.4 is 16.6 Å². The summed E-state index contributed by atoms with van der Waals surface area (Å²) in [6.45, 7) is 3.78. The highest BCUT2D eigenvalue weighted by Gasteiger charge is 2.10. The molecule has 0 aliphatic rings. The summed E-state index contributed by atoms with van der Waals surface area (Å²) in [5.74, 6) is 6.43. The van der Waals surface area contributed by atoms with Crippen LogP contribution in [0.5, 0.6) is 0 Å². The van der Waals surface area contributed by atoms with Gasteiger partial charge in [0.1, 0.15) is 23.8 Å². The molecule has 0 unspecified atom stereocenters. The minimum absolute atomic E-state index is 0.252. The number of nitrogens with zero attached hydrogens (tertiary/aromatic N) is 2. The molecule has 0 aliphatic heterocycles. The summed E-state index contributed by atoms with van der Waals surface area (Å²) in [6.07, 6.45) is 3.12. The molecule has 0 atom stereocenters. The number of aryl methyl sites for hydroxylation is 1. The van der Waals surface area contributed by atoms with Gasteiger partial charge >= 0.3 is 0 Å². The summed E-state index contributed by atoms with van der Waals surface area (Å²) in [5, 5.41) is 3.11. The second kappa shape index (κ2) is 6.29. The molecule has 2 aromatic rings. The Morgan fingerprint density at radius 1 is 1.25 bits per heavy atom. The number of anilines is 3. The lowest BCUT2D eigenvalue weighted by Gasteiger charge is -2.13. The van der Waals surface area contributed by atoms with Crippen molar-refractivity contribution in [2.24, 2.45) is 5.84 Å². The number of halogens is 1. The van der Waals surface area contributed by atoms with Crippen molar-refractivity contribution in [1.29, 1.82) is 0 Å². The van der Waals surface area contributed by atoms with Crippen LogP contribution in [0.4, 0.5) is 21.7 Å². The topological polar surface area (TPSA) is 75.9 Å². The van der Waals surface area contributed by atoms with Gasteiger partial charge < -0.3 is 10.7 Å². The Bertz CT molecular complexity index is 600. The van der Waals surface area contributed by atoms with Crippen LogP contribution in [0.25, 0.3) is 0 Å². The lowest BCUT2D eigenvalue weighted by molar-refractivity contribution is 0.619. The SMILES string of the molecule is CCCc1c(NN)ncnc1Nc1ccc(C)c(F)c1. The van der Waals surface area contributed by atoms with Gasteiger partial charge in [-0.3, -0.25) is 0 Å². The molecule has 1 aromatic heterocycles. The molecule has 4 N–H and O–H groups in total. The highest BCUT2D eigenvalue weighted by Crippen LogP contribution is 2.25. The van der Waals surface area contributed by atoms with Crippen LogP contribution >= 0.6 is 0 Å². The van der Waals surface area contributed by atoms with Crippen molar-refractivity contribution in [2.75, 3.05) is 10.7 Å². The maximum Gasteiger partial charge on any atom is 0.148 e. The van der Waals surface area contributed by atoms with Gasteiger partial charge in [0.05, 0.1) is 0 Å². The van der Waals surface area contributed by atoms with Crippen LogP contribution in [0.2, 0.25) is 0 Å². The number of hydrazine groups is 1. The van der Waals surface area contributed by atoms with Crippen molar-refractivity contribution in [3.63, 3.8) is 0 Å². The minimum Gasteiger partial charge on any atom is -0.340 e. The number of hydrogen-bond acceptors (Lipinski definition) is 5. The van der Waals surface area contributed by atoms with Gasteiger partial charge in [-0.25, -0.2) is 20.2 Å². The van der Waals surface area contributed by atoms with E-state index in [1.165, 1.54) is 12.4 Å². The predicted molar refractivity (Wildman–Crippen MR) is 78.3 cm³/mol. The van der Waals surface area contributed by atoms with Gasteiger partial charge in [0.2, 0.25) is 0 Å². The molecular weight excluding hydrogens is 257 g/mol. The second-order valence-electron chi connectivity index (χ2n) is 4.53. The molecule has 5 nitrogen and oxygen atoms in total. The summed E-state index contributed by atoms with van der Waals surface area (Å²) < 4.78 is 13.6. The van der Waals surface area contributed by atoms with E-state index in [0.717, 1.165) is 18.4 Å². The first-order chi connectivity index (χ1) is 9.65. The molecule has 0 saturated carbocycles. The fourth-order valence-corrected chi connectivity index (χ4v) is 1.94. The van der Waals surface area contributed by atoms with E-state index in [-0.39, 0.29) is 5.82 Å². The van der Waals surface area contributed by atoms with Crippen LogP contribution in [-0.4, -0.2) is 9.97 Å². The van der Waals surface area contributed by atoms with Gasteiger partial charge in [0, 0.05) is 11.3 Å². The molecule has 2 rings (SSSR count). The Kier molecular flexibility index (Phi) is 4.47. The Labute approximate surface area is 117 Å². The van der Waals surface area contributed by atoms with E-state index >= 15 is 0 Å². The Morgan fingerprint density at radius 2 is 2.00 bits per heavy atom. The molecule has 0 spiro atoms. The molecule has 0 amide bonds. The monoisotopic (exact) mass is 275 g/mol. The van der Waals surface area contributed by atoms with Crippen LogP contribution in [0.1, 0.15) is 24.5 Å². The number of nitrogen functional groups attached to an aromatic ring is 1. The average molecular weight is 275 g/mol. The number of nitrogens with one attached hydrogen (secondary N) is 2. The number of benzene rings is 1. The van der Waals surface area contributed by atoms with Crippen LogP contribution in [0.15, 0.2) is 24.5 Å². The molecule has 0 bridgehead atoms. The van der Waals surface area contributed by atoms with E-state index in [1.807, 2.05) is 6.07 Å². The molecule has 0 aliphatic carbocycles. The third kappa shape index (κ3) is 3.03. The van der Waals surface area contributed by atoms with E-state index in [2.05, 4.69) is 27.6 Å². The fourth-order valence-electron chi connectivity index (χ4n) is 1.94. The molecule has 0 radical (unpaired) electrons. The minimum atomic E-state index is -0.252. The van der Waals surface area contributed by atoms with E-state index in [0.29, 0.717) is 22.9 Å². The molecule has 0 fully saturated rings. The first-order valence-corrected chi connectivity index (χ1v) is 6.49. The number of rotatable bonds is 5. The van der Waals surface area contributed by atoms with Gasteiger partial charge in [0.15, 0.2) is 0 Å². The normalized spacial score (nSPS) is 10.4. The van der Waals surface area contributed by atoms with Gasteiger partial charge in [0.25, 0.3) is 0 Å². The molecule has 106 valence electrons. The van der Waals surface area contributed by atoms with E-state index < -0.39 is 0 Å². The Hall–Kier alpha value is -2.21. The van der Waals surface area contributed by atoms with Crippen molar-refractivity contribution >= 4 is 17.3 Å². The van der Waals surface area contributed by atoms with Crippen molar-refractivity contribution in [1.82, 2.24) is 9.97 Å². The lowest BCUT2D eigenvalue weighted by Crippen LogP contribution is -2.13. The summed E-state index contributed by atoms with van der Waals surface area (Å²) >= 11 is 0. The van der Waals surface area contributed by atoms with Gasteiger partial charge in [-0.05, 0) is 31.0 Å². The maximum atomic E-state index is 13.6. The lowest BCUT2D eigenvalue weighted by atomic mass is 10.1. The standard InChI is InChI=1S/C14H18FN5/c1-3-4-11-13(17-8-18-14(11)20-16)19-10-6-5-9(2)12(15)7-10/h5-8H,3-4,16H2,1-2H3,(H2,17,18,19,20). The van der Waals surface area contributed by atoms with Crippen molar-refractivity contribution in [3.8, 4) is 0 Å². The summed E-state index contributed by atoms with van der Waals surface area (Å²) in [6, 6.07) is 4.98. The second-order valence-corrected chi connectivity index (χ2v) is 4.53. The maximum absolute atomic E-state index is 13.6. The van der Waals surface area contributed by atoms with Gasteiger partial charge in [-0.15, -0.1) is 0 Å². The molecule has 1 heterocycles. The zero-order valence-electron chi connectivity index (χ0n) is 11.6. The number of hydrogen-bond donors (Lipinski definition) is 3. The van der Waals surface area contributed by atoms with E-state index in [9.17, 15) is 4.39 Å². The third-order valence-corrected chi connectivity index (χ3v) is 3.02. The van der Waals surface area contributed by atoms with Crippen molar-refractivity contribution in [3.05, 3.63) is 41.5 Å². The summed E-state index contributed by atoms with van der Waals surface area (Å²) in [4.78, 5) is 8.30. The Balaban J connectivity index is 2.34. The van der Waals surface area contributed by atoms with Crippen LogP contribution in [0.3, 0.4) is 0 Å². The fraction of sp³-hybridized carbons (Fsp3) is 0.286. The first kappa shape index (κ1) is 14.2. The molecular formula is C14H18FN5. The zero-order chi connectivity index (χ0) is 14.5. The van der Waals surface area contributed by atoms with E-state index in [1.54, 1.807) is 13.0 Å². The van der Waals surface area contributed by atoms with Crippen molar-refractivity contribution < 1.29 is 4.39 Å². The highest BCUT2D eigenvalue weighted by atomic mass is 19.1. The quantitative estimate of drug-likeness (QED) is 0.578. The van der Waals surface area contributed by atoms with E-state index in [4.69, 9.17) is 5.84 Å². The van der Waals surface area contributed by atoms with Crippen LogP contribution in [-0.2, 0) is 6.42 Å². The van der Waals surface area contributed by atoms with Gasteiger partial charge in [-0.2, -0.15) is 0 Å². The molecule has 20 heavy (non-hydrogen) atoms. The third-order valence-electron chi connectivity index (χ3n) is 3.02. The van der Waals surface area contributed by atoms with Crippen LogP contribution in [0, 0.1) is 12.7 Å². The number of aromatic nitrogens is 2. The molecule has 1 aromatic carbocycles. The van der Waals surface area contributed by atoms with Gasteiger partial charge in [-0.1, -0.05) is 19.4 Å². The first-order valence-electron chi connectivity index (χ1n) is 6.49. The molecule has 0 saturated heterocycles. The molecule has 6 heteroatoms. The number of nitrogens with two attached hydrogens (primary N) is 1.